The summed E-state index contributed by atoms with van der Waals surface area (Å²) in [6.07, 6.45) is 5.44. The molecule has 0 heterocycles. The first kappa shape index (κ1) is 11.1. The summed E-state index contributed by atoms with van der Waals surface area (Å²) in [5.74, 6) is 0. The van der Waals surface area contributed by atoms with Crippen molar-refractivity contribution in [3.8, 4) is 0 Å². The Bertz CT molecular complexity index is 399. The molecular formula is C15H22N2. The molecule has 3 rings (SSSR count). The maximum absolute atomic E-state index is 5.74. The fourth-order valence-corrected chi connectivity index (χ4v) is 2.55. The van der Waals surface area contributed by atoms with Crippen LogP contribution in [0.15, 0.2) is 24.3 Å². The van der Waals surface area contributed by atoms with Crippen LogP contribution in [0.25, 0.3) is 0 Å². The molecular weight excluding hydrogens is 208 g/mol. The third-order valence-electron chi connectivity index (χ3n) is 4.50. The highest BCUT2D eigenvalue weighted by atomic mass is 14.9. The summed E-state index contributed by atoms with van der Waals surface area (Å²) in [4.78, 5) is 0. The van der Waals surface area contributed by atoms with E-state index < -0.39 is 0 Å². The van der Waals surface area contributed by atoms with E-state index in [2.05, 4.69) is 24.4 Å². The van der Waals surface area contributed by atoms with Gasteiger partial charge in [-0.2, -0.15) is 0 Å². The second-order valence-electron chi connectivity index (χ2n) is 6.32. The van der Waals surface area contributed by atoms with Gasteiger partial charge in [-0.1, -0.05) is 19.1 Å². The Kier molecular flexibility index (Phi) is 2.44. The Morgan fingerprint density at radius 2 is 1.71 bits per heavy atom. The van der Waals surface area contributed by atoms with Gasteiger partial charge < -0.3 is 11.1 Å². The number of benzene rings is 1. The van der Waals surface area contributed by atoms with Crippen LogP contribution in [0.1, 0.15) is 38.2 Å². The highest BCUT2D eigenvalue weighted by Crippen LogP contribution is 2.48. The molecule has 0 radical (unpaired) electrons. The van der Waals surface area contributed by atoms with Crippen LogP contribution in [-0.4, -0.2) is 13.1 Å². The molecule has 0 unspecified atom stereocenters. The van der Waals surface area contributed by atoms with Crippen LogP contribution in [0, 0.1) is 5.41 Å². The third kappa shape index (κ3) is 2.32. The number of hydrogen-bond acceptors (Lipinski definition) is 2. The van der Waals surface area contributed by atoms with Crippen LogP contribution in [-0.2, 0) is 5.41 Å². The summed E-state index contributed by atoms with van der Waals surface area (Å²) in [7, 11) is 0. The molecule has 3 N–H and O–H groups in total. The highest BCUT2D eigenvalue weighted by molar-refractivity contribution is 5.43. The summed E-state index contributed by atoms with van der Waals surface area (Å²) in [5, 5.41) is 3.67. The zero-order valence-electron chi connectivity index (χ0n) is 10.6. The zero-order chi connectivity index (χ0) is 11.9. The van der Waals surface area contributed by atoms with Gasteiger partial charge in [0.15, 0.2) is 0 Å². The van der Waals surface area contributed by atoms with Crippen LogP contribution in [0.5, 0.6) is 0 Å². The number of anilines is 1. The van der Waals surface area contributed by atoms with Gasteiger partial charge in [-0.15, -0.1) is 0 Å². The summed E-state index contributed by atoms with van der Waals surface area (Å²) in [6, 6.07) is 8.45. The first-order valence-corrected chi connectivity index (χ1v) is 6.69. The second kappa shape index (κ2) is 3.74. The summed E-state index contributed by atoms with van der Waals surface area (Å²) in [6.45, 7) is 4.69. The number of nitrogen functional groups attached to an aromatic ring is 1. The van der Waals surface area contributed by atoms with E-state index >= 15 is 0 Å². The molecule has 0 spiro atoms. The first-order chi connectivity index (χ1) is 8.12. The monoisotopic (exact) mass is 230 g/mol. The lowest BCUT2D eigenvalue weighted by Gasteiger charge is -2.18. The van der Waals surface area contributed by atoms with Gasteiger partial charge in [-0.05, 0) is 48.8 Å². The van der Waals surface area contributed by atoms with Gasteiger partial charge >= 0.3 is 0 Å². The van der Waals surface area contributed by atoms with E-state index in [-0.39, 0.29) is 0 Å². The number of nitrogens with one attached hydrogen (secondary N) is 1. The van der Waals surface area contributed by atoms with Crippen molar-refractivity contribution >= 4 is 5.69 Å². The van der Waals surface area contributed by atoms with Crippen molar-refractivity contribution in [3.05, 3.63) is 29.8 Å². The van der Waals surface area contributed by atoms with Crippen LogP contribution < -0.4 is 11.1 Å². The Balaban J connectivity index is 1.59. The molecule has 2 nitrogen and oxygen atoms in total. The molecule has 2 aliphatic carbocycles. The van der Waals surface area contributed by atoms with Crippen molar-refractivity contribution in [2.45, 2.75) is 38.0 Å². The first-order valence-electron chi connectivity index (χ1n) is 6.69. The van der Waals surface area contributed by atoms with Gasteiger partial charge in [-0.3, -0.25) is 0 Å². The highest BCUT2D eigenvalue weighted by Gasteiger charge is 2.44. The number of nitrogens with two attached hydrogens (primary N) is 1. The Hall–Kier alpha value is -1.02. The Labute approximate surface area is 104 Å². The van der Waals surface area contributed by atoms with Gasteiger partial charge in [-0.25, -0.2) is 0 Å². The van der Waals surface area contributed by atoms with Crippen LogP contribution >= 0.6 is 0 Å². The molecule has 0 aromatic heterocycles. The predicted octanol–water partition coefficient (Wildman–Crippen LogP) is 2.69. The molecule has 2 saturated carbocycles. The molecule has 17 heavy (non-hydrogen) atoms. The molecule has 1 aromatic carbocycles. The minimum absolute atomic E-state index is 0.416. The fraction of sp³-hybridized carbons (Fsp3) is 0.600. The SMILES string of the molecule is CC1(CNCC2(c3ccc(N)cc3)CC2)CC1. The van der Waals surface area contributed by atoms with E-state index in [0.29, 0.717) is 10.8 Å². The molecule has 2 aliphatic rings. The van der Waals surface area contributed by atoms with Gasteiger partial charge in [0.25, 0.3) is 0 Å². The summed E-state index contributed by atoms with van der Waals surface area (Å²) >= 11 is 0. The molecule has 2 heteroatoms. The van der Waals surface area contributed by atoms with Gasteiger partial charge in [0.1, 0.15) is 0 Å². The van der Waals surface area contributed by atoms with E-state index in [1.807, 2.05) is 12.1 Å². The standard InChI is InChI=1S/C15H22N2/c1-14(6-7-14)10-17-11-15(8-9-15)12-2-4-13(16)5-3-12/h2-5,17H,6-11,16H2,1H3. The lowest BCUT2D eigenvalue weighted by atomic mass is 9.95. The van der Waals surface area contributed by atoms with Gasteiger partial charge in [0, 0.05) is 24.2 Å². The van der Waals surface area contributed by atoms with Gasteiger partial charge in [0.2, 0.25) is 0 Å². The average molecular weight is 230 g/mol. The fourth-order valence-electron chi connectivity index (χ4n) is 2.55. The molecule has 0 atom stereocenters. The molecule has 0 saturated heterocycles. The zero-order valence-corrected chi connectivity index (χ0v) is 10.6. The third-order valence-corrected chi connectivity index (χ3v) is 4.50. The normalized spacial score (nSPS) is 23.4. The van der Waals surface area contributed by atoms with Crippen LogP contribution in [0.4, 0.5) is 5.69 Å². The van der Waals surface area contributed by atoms with E-state index in [4.69, 9.17) is 5.73 Å². The minimum atomic E-state index is 0.416. The topological polar surface area (TPSA) is 38.0 Å². The summed E-state index contributed by atoms with van der Waals surface area (Å²) in [5.41, 5.74) is 9.09. The van der Waals surface area contributed by atoms with Crippen molar-refractivity contribution in [1.29, 1.82) is 0 Å². The molecule has 0 aliphatic heterocycles. The number of rotatable bonds is 5. The van der Waals surface area contributed by atoms with Crippen molar-refractivity contribution in [2.24, 2.45) is 5.41 Å². The Morgan fingerprint density at radius 3 is 2.24 bits per heavy atom. The Morgan fingerprint density at radius 1 is 1.06 bits per heavy atom. The molecule has 0 bridgehead atoms. The van der Waals surface area contributed by atoms with Crippen LogP contribution in [0.2, 0.25) is 0 Å². The van der Waals surface area contributed by atoms with Gasteiger partial charge in [0.05, 0.1) is 0 Å². The molecule has 0 amide bonds. The summed E-state index contributed by atoms with van der Waals surface area (Å²) < 4.78 is 0. The number of hydrogen-bond donors (Lipinski definition) is 2. The second-order valence-corrected chi connectivity index (χ2v) is 6.32. The van der Waals surface area contributed by atoms with E-state index in [1.54, 1.807) is 0 Å². The van der Waals surface area contributed by atoms with Crippen LogP contribution in [0.3, 0.4) is 0 Å². The lowest BCUT2D eigenvalue weighted by molar-refractivity contribution is 0.471. The molecule has 92 valence electrons. The van der Waals surface area contributed by atoms with E-state index in [9.17, 15) is 0 Å². The lowest BCUT2D eigenvalue weighted by Crippen LogP contribution is -2.30. The van der Waals surface area contributed by atoms with Crippen molar-refractivity contribution < 1.29 is 0 Å². The minimum Gasteiger partial charge on any atom is -0.399 e. The predicted molar refractivity (Wildman–Crippen MR) is 72.0 cm³/mol. The smallest absolute Gasteiger partial charge is 0.0314 e. The average Bonchev–Trinajstić information content (AvgIpc) is 3.20. The largest absolute Gasteiger partial charge is 0.399 e. The van der Waals surface area contributed by atoms with E-state index in [1.165, 1.54) is 37.8 Å². The molecule has 1 aromatic rings. The van der Waals surface area contributed by atoms with Crippen molar-refractivity contribution in [1.82, 2.24) is 5.32 Å². The van der Waals surface area contributed by atoms with Crippen molar-refractivity contribution in [3.63, 3.8) is 0 Å². The quantitative estimate of drug-likeness (QED) is 0.763. The van der Waals surface area contributed by atoms with E-state index in [0.717, 1.165) is 12.2 Å². The maximum Gasteiger partial charge on any atom is 0.0314 e. The molecule has 2 fully saturated rings. The van der Waals surface area contributed by atoms with Crippen molar-refractivity contribution in [2.75, 3.05) is 18.8 Å². The maximum atomic E-state index is 5.74.